The van der Waals surface area contributed by atoms with E-state index >= 15 is 0 Å². The van der Waals surface area contributed by atoms with Crippen molar-refractivity contribution in [2.24, 2.45) is 11.8 Å². The number of hydrogen-bond donors (Lipinski definition) is 1. The third-order valence-corrected chi connectivity index (χ3v) is 3.72. The molecule has 2 fully saturated rings. The lowest BCUT2D eigenvalue weighted by Gasteiger charge is -2.17. The number of aromatic nitrogens is 2. The SMILES string of the molecule is S=c1nc(C2CC3CCC2C3)[nH]o1. The fourth-order valence-electron chi connectivity index (χ4n) is 2.98. The van der Waals surface area contributed by atoms with Crippen molar-refractivity contribution >= 4 is 12.2 Å². The largest absolute Gasteiger partial charge is 0.348 e. The zero-order valence-electron chi connectivity index (χ0n) is 7.32. The molecule has 0 saturated heterocycles. The van der Waals surface area contributed by atoms with E-state index in [1.54, 1.807) is 0 Å². The first kappa shape index (κ1) is 7.74. The molecule has 3 atom stereocenters. The number of rotatable bonds is 1. The smallest absolute Gasteiger partial charge is 0.314 e. The summed E-state index contributed by atoms with van der Waals surface area (Å²) in [5, 5.41) is 2.84. The van der Waals surface area contributed by atoms with Crippen molar-refractivity contribution in [3.05, 3.63) is 10.7 Å². The van der Waals surface area contributed by atoms with Gasteiger partial charge >= 0.3 is 4.84 Å². The van der Waals surface area contributed by atoms with Gasteiger partial charge < -0.3 is 4.52 Å². The van der Waals surface area contributed by atoms with Crippen LogP contribution in [0.3, 0.4) is 0 Å². The highest BCUT2D eigenvalue weighted by Gasteiger charge is 2.41. The van der Waals surface area contributed by atoms with Crippen molar-refractivity contribution in [2.45, 2.75) is 31.6 Å². The van der Waals surface area contributed by atoms with Gasteiger partial charge in [0.25, 0.3) is 0 Å². The number of H-pyrrole nitrogens is 1. The Balaban J connectivity index is 1.91. The maximum atomic E-state index is 4.96. The quantitative estimate of drug-likeness (QED) is 0.702. The molecule has 1 aromatic rings. The predicted molar refractivity (Wildman–Crippen MR) is 49.9 cm³/mol. The van der Waals surface area contributed by atoms with Gasteiger partial charge in [0, 0.05) is 5.92 Å². The molecule has 0 radical (unpaired) electrons. The zero-order valence-corrected chi connectivity index (χ0v) is 8.14. The molecule has 2 bridgehead atoms. The van der Waals surface area contributed by atoms with Gasteiger partial charge in [0.05, 0.1) is 0 Å². The van der Waals surface area contributed by atoms with Crippen molar-refractivity contribution < 1.29 is 4.52 Å². The van der Waals surface area contributed by atoms with Crippen LogP contribution in [0.4, 0.5) is 0 Å². The van der Waals surface area contributed by atoms with E-state index in [0.29, 0.717) is 10.8 Å². The Morgan fingerprint density at radius 2 is 2.31 bits per heavy atom. The molecule has 0 amide bonds. The summed E-state index contributed by atoms with van der Waals surface area (Å²) in [6, 6.07) is 0. The second-order valence-corrected chi connectivity index (χ2v) is 4.60. The molecule has 3 nitrogen and oxygen atoms in total. The lowest BCUT2D eigenvalue weighted by molar-refractivity contribution is 0.363. The van der Waals surface area contributed by atoms with Crippen LogP contribution < -0.4 is 0 Å². The van der Waals surface area contributed by atoms with Crippen LogP contribution in [0.1, 0.15) is 37.4 Å². The van der Waals surface area contributed by atoms with Gasteiger partial charge in [-0.05, 0) is 43.3 Å². The molecule has 2 aliphatic rings. The van der Waals surface area contributed by atoms with Crippen molar-refractivity contribution in [3.63, 3.8) is 0 Å². The van der Waals surface area contributed by atoms with E-state index in [1.165, 1.54) is 25.7 Å². The number of hydrogen-bond acceptors (Lipinski definition) is 3. The molecule has 4 heteroatoms. The average molecular weight is 196 g/mol. The van der Waals surface area contributed by atoms with Gasteiger partial charge in [-0.3, -0.25) is 0 Å². The molecular weight excluding hydrogens is 184 g/mol. The van der Waals surface area contributed by atoms with Crippen molar-refractivity contribution in [1.82, 2.24) is 10.1 Å². The van der Waals surface area contributed by atoms with E-state index in [1.807, 2.05) is 0 Å². The summed E-state index contributed by atoms with van der Waals surface area (Å²) in [6.45, 7) is 0. The molecule has 13 heavy (non-hydrogen) atoms. The van der Waals surface area contributed by atoms with Crippen molar-refractivity contribution in [2.75, 3.05) is 0 Å². The summed E-state index contributed by atoms with van der Waals surface area (Å²) >= 11 is 4.85. The van der Waals surface area contributed by atoms with Gasteiger partial charge in [0.15, 0.2) is 0 Å². The molecular formula is C9H12N2OS. The first-order valence-electron chi connectivity index (χ1n) is 4.88. The summed E-state index contributed by atoms with van der Waals surface area (Å²) in [4.78, 5) is 4.55. The highest BCUT2D eigenvalue weighted by Crippen LogP contribution is 2.51. The maximum absolute atomic E-state index is 4.96. The van der Waals surface area contributed by atoms with E-state index in [0.717, 1.165) is 17.7 Å². The Morgan fingerprint density at radius 3 is 2.85 bits per heavy atom. The molecule has 1 aromatic heterocycles. The van der Waals surface area contributed by atoms with E-state index in [2.05, 4.69) is 10.1 Å². The fraction of sp³-hybridized carbons (Fsp3) is 0.778. The molecule has 0 aliphatic heterocycles. The molecule has 3 rings (SSSR count). The lowest BCUT2D eigenvalue weighted by Crippen LogP contribution is -2.09. The average Bonchev–Trinajstić information content (AvgIpc) is 2.77. The molecule has 70 valence electrons. The number of nitrogens with zero attached hydrogens (tertiary/aromatic N) is 1. The van der Waals surface area contributed by atoms with Crippen LogP contribution in [0.25, 0.3) is 0 Å². The van der Waals surface area contributed by atoms with Gasteiger partial charge in [0.2, 0.25) is 0 Å². The highest BCUT2D eigenvalue weighted by molar-refractivity contribution is 7.71. The second kappa shape index (κ2) is 2.67. The molecule has 1 N–H and O–H groups in total. The van der Waals surface area contributed by atoms with Gasteiger partial charge in [-0.1, -0.05) is 6.42 Å². The monoisotopic (exact) mass is 196 g/mol. The van der Waals surface area contributed by atoms with E-state index < -0.39 is 0 Å². The summed E-state index contributed by atoms with van der Waals surface area (Å²) in [5.41, 5.74) is 0. The Kier molecular flexibility index (Phi) is 1.59. The number of aromatic amines is 1. The van der Waals surface area contributed by atoms with Crippen LogP contribution in [0.2, 0.25) is 0 Å². The summed E-state index contributed by atoms with van der Waals surface area (Å²) in [5.74, 6) is 3.35. The minimum absolute atomic E-state index is 0.345. The Morgan fingerprint density at radius 1 is 1.38 bits per heavy atom. The summed E-state index contributed by atoms with van der Waals surface area (Å²) in [7, 11) is 0. The zero-order chi connectivity index (χ0) is 8.84. The maximum Gasteiger partial charge on any atom is 0.314 e. The highest BCUT2D eigenvalue weighted by atomic mass is 32.1. The molecule has 2 saturated carbocycles. The number of fused-ring (bicyclic) bond motifs is 2. The van der Waals surface area contributed by atoms with Crippen LogP contribution >= 0.6 is 12.2 Å². The van der Waals surface area contributed by atoms with Gasteiger partial charge in [0.1, 0.15) is 5.82 Å². The Bertz CT molecular complexity index is 370. The summed E-state index contributed by atoms with van der Waals surface area (Å²) in [6.07, 6.45) is 5.45. The molecule has 1 heterocycles. The van der Waals surface area contributed by atoms with Crippen LogP contribution in [0.5, 0.6) is 0 Å². The first-order chi connectivity index (χ1) is 6.33. The number of nitrogens with one attached hydrogen (secondary N) is 1. The normalized spacial score (nSPS) is 37.1. The van der Waals surface area contributed by atoms with Gasteiger partial charge in [-0.15, -0.1) is 0 Å². The third-order valence-electron chi connectivity index (χ3n) is 3.54. The Hall–Kier alpha value is -0.640. The minimum atomic E-state index is 0.345. The third kappa shape index (κ3) is 1.15. The predicted octanol–water partition coefficient (Wildman–Crippen LogP) is 2.64. The lowest BCUT2D eigenvalue weighted by atomic mass is 9.88. The minimum Gasteiger partial charge on any atom is -0.348 e. The summed E-state index contributed by atoms with van der Waals surface area (Å²) < 4.78 is 4.96. The van der Waals surface area contributed by atoms with Gasteiger partial charge in [-0.25, -0.2) is 5.16 Å². The van der Waals surface area contributed by atoms with Crippen LogP contribution in [-0.4, -0.2) is 10.1 Å². The van der Waals surface area contributed by atoms with Crippen LogP contribution in [0.15, 0.2) is 4.52 Å². The van der Waals surface area contributed by atoms with Gasteiger partial charge in [-0.2, -0.15) is 4.98 Å². The fourth-order valence-corrected chi connectivity index (χ4v) is 3.12. The van der Waals surface area contributed by atoms with Crippen molar-refractivity contribution in [3.8, 4) is 0 Å². The van der Waals surface area contributed by atoms with Crippen LogP contribution in [0, 0.1) is 16.7 Å². The van der Waals surface area contributed by atoms with E-state index in [4.69, 9.17) is 16.7 Å². The molecule has 3 unspecified atom stereocenters. The van der Waals surface area contributed by atoms with E-state index in [-0.39, 0.29) is 0 Å². The molecule has 0 aromatic carbocycles. The Labute approximate surface area is 81.5 Å². The second-order valence-electron chi connectivity index (χ2n) is 4.25. The first-order valence-corrected chi connectivity index (χ1v) is 5.29. The standard InChI is InChI=1S/C9H12N2OS/c13-9-10-8(11-12-9)7-4-5-1-2-6(7)3-5/h5-7H,1-4H2,(H,10,11,13). The van der Waals surface area contributed by atoms with Crippen LogP contribution in [-0.2, 0) is 0 Å². The van der Waals surface area contributed by atoms with E-state index in [9.17, 15) is 0 Å². The molecule has 2 aliphatic carbocycles. The van der Waals surface area contributed by atoms with Crippen molar-refractivity contribution in [1.29, 1.82) is 0 Å². The topological polar surface area (TPSA) is 41.8 Å². The molecule has 0 spiro atoms.